The van der Waals surface area contributed by atoms with Crippen molar-refractivity contribution >= 4 is 0 Å². The van der Waals surface area contributed by atoms with Crippen LogP contribution in [0.3, 0.4) is 0 Å². The van der Waals surface area contributed by atoms with Crippen LogP contribution in [0.25, 0.3) is 0 Å². The van der Waals surface area contributed by atoms with E-state index in [1.165, 1.54) is 11.1 Å². The maximum Gasteiger partial charge on any atom is 0.161 e. The van der Waals surface area contributed by atoms with Crippen LogP contribution in [0.2, 0.25) is 0 Å². The third-order valence-electron chi connectivity index (χ3n) is 3.31. The molecule has 2 aromatic carbocycles. The Morgan fingerprint density at radius 1 is 0.850 bits per heavy atom. The van der Waals surface area contributed by atoms with E-state index in [0.29, 0.717) is 0 Å². The highest BCUT2D eigenvalue weighted by Crippen LogP contribution is 2.27. The minimum Gasteiger partial charge on any atom is -0.493 e. The van der Waals surface area contributed by atoms with Crippen LogP contribution >= 0.6 is 0 Å². The van der Waals surface area contributed by atoms with E-state index in [-0.39, 0.29) is 0 Å². The number of rotatable bonds is 7. The van der Waals surface area contributed by atoms with Gasteiger partial charge in [-0.1, -0.05) is 30.3 Å². The van der Waals surface area contributed by atoms with Crippen molar-refractivity contribution in [2.24, 2.45) is 0 Å². The molecule has 0 unspecified atom stereocenters. The SMILES string of the molecule is COc1ccc(C[NH2+]CCc2ccccc2)cc1OC. The minimum absolute atomic E-state index is 0.778. The van der Waals surface area contributed by atoms with E-state index in [9.17, 15) is 0 Å². The van der Waals surface area contributed by atoms with Gasteiger partial charge in [-0.15, -0.1) is 0 Å². The van der Waals surface area contributed by atoms with Gasteiger partial charge in [0.25, 0.3) is 0 Å². The van der Waals surface area contributed by atoms with Crippen molar-refractivity contribution in [3.05, 3.63) is 59.7 Å². The fourth-order valence-electron chi connectivity index (χ4n) is 2.19. The van der Waals surface area contributed by atoms with Crippen LogP contribution in [0.1, 0.15) is 11.1 Å². The van der Waals surface area contributed by atoms with E-state index in [2.05, 4.69) is 41.7 Å². The monoisotopic (exact) mass is 272 g/mol. The molecule has 20 heavy (non-hydrogen) atoms. The summed E-state index contributed by atoms with van der Waals surface area (Å²) in [6.07, 6.45) is 1.09. The van der Waals surface area contributed by atoms with E-state index >= 15 is 0 Å². The molecule has 0 heterocycles. The zero-order valence-corrected chi connectivity index (χ0v) is 12.1. The molecular formula is C17H22NO2+. The molecule has 0 bridgehead atoms. The van der Waals surface area contributed by atoms with Gasteiger partial charge in [0.2, 0.25) is 0 Å². The van der Waals surface area contributed by atoms with Crippen LogP contribution in [-0.2, 0) is 13.0 Å². The molecule has 0 saturated heterocycles. The van der Waals surface area contributed by atoms with Gasteiger partial charge in [-0.05, 0) is 23.8 Å². The lowest BCUT2D eigenvalue weighted by Gasteiger charge is -2.09. The van der Waals surface area contributed by atoms with Crippen molar-refractivity contribution < 1.29 is 14.8 Å². The standard InChI is InChI=1S/C17H21NO2/c1-19-16-9-8-15(12-17(16)20-2)13-18-11-10-14-6-4-3-5-7-14/h3-9,12,18H,10-11,13H2,1-2H3/p+1. The average molecular weight is 272 g/mol. The number of nitrogens with two attached hydrogens (primary N) is 1. The molecule has 0 amide bonds. The molecule has 3 heteroatoms. The zero-order valence-electron chi connectivity index (χ0n) is 12.1. The Morgan fingerprint density at radius 3 is 2.30 bits per heavy atom. The van der Waals surface area contributed by atoms with E-state index in [4.69, 9.17) is 9.47 Å². The summed E-state index contributed by atoms with van der Waals surface area (Å²) < 4.78 is 10.6. The second kappa shape index (κ2) is 7.56. The first-order chi connectivity index (χ1) is 9.83. The summed E-state index contributed by atoms with van der Waals surface area (Å²) in [6.45, 7) is 2.03. The van der Waals surface area contributed by atoms with E-state index in [1.54, 1.807) is 14.2 Å². The predicted octanol–water partition coefficient (Wildman–Crippen LogP) is 2.01. The highest BCUT2D eigenvalue weighted by molar-refractivity contribution is 5.42. The molecule has 106 valence electrons. The van der Waals surface area contributed by atoms with Crippen molar-refractivity contribution in [2.45, 2.75) is 13.0 Å². The topological polar surface area (TPSA) is 35.1 Å². The number of hydrogen-bond acceptors (Lipinski definition) is 2. The lowest BCUT2D eigenvalue weighted by molar-refractivity contribution is -0.670. The van der Waals surface area contributed by atoms with Crippen molar-refractivity contribution in [2.75, 3.05) is 20.8 Å². The molecule has 2 N–H and O–H groups in total. The number of quaternary nitrogens is 1. The van der Waals surface area contributed by atoms with Gasteiger partial charge in [0.05, 0.1) is 20.8 Å². The molecule has 3 nitrogen and oxygen atoms in total. The Kier molecular flexibility index (Phi) is 5.44. The summed E-state index contributed by atoms with van der Waals surface area (Å²) in [7, 11) is 3.32. The third kappa shape index (κ3) is 4.00. The highest BCUT2D eigenvalue weighted by atomic mass is 16.5. The Labute approximate surface area is 120 Å². The van der Waals surface area contributed by atoms with Crippen LogP contribution in [-0.4, -0.2) is 20.8 Å². The van der Waals surface area contributed by atoms with Gasteiger partial charge in [-0.3, -0.25) is 0 Å². The quantitative estimate of drug-likeness (QED) is 0.783. The Hall–Kier alpha value is -2.00. The summed E-state index contributed by atoms with van der Waals surface area (Å²) >= 11 is 0. The van der Waals surface area contributed by atoms with Crippen LogP contribution in [0, 0.1) is 0 Å². The van der Waals surface area contributed by atoms with Crippen molar-refractivity contribution in [3.63, 3.8) is 0 Å². The van der Waals surface area contributed by atoms with Crippen LogP contribution in [0.4, 0.5) is 0 Å². The summed E-state index contributed by atoms with van der Waals surface area (Å²) in [4.78, 5) is 0. The summed E-state index contributed by atoms with van der Waals surface area (Å²) in [6, 6.07) is 16.6. The van der Waals surface area contributed by atoms with Gasteiger partial charge in [0.15, 0.2) is 11.5 Å². The second-order valence-electron chi connectivity index (χ2n) is 4.71. The van der Waals surface area contributed by atoms with E-state index < -0.39 is 0 Å². The minimum atomic E-state index is 0.778. The smallest absolute Gasteiger partial charge is 0.161 e. The second-order valence-corrected chi connectivity index (χ2v) is 4.71. The van der Waals surface area contributed by atoms with Crippen LogP contribution in [0.15, 0.2) is 48.5 Å². The van der Waals surface area contributed by atoms with Gasteiger partial charge in [-0.25, -0.2) is 0 Å². The third-order valence-corrected chi connectivity index (χ3v) is 3.31. The molecule has 0 atom stereocenters. The summed E-state index contributed by atoms with van der Waals surface area (Å²) in [5, 5.41) is 2.31. The first-order valence-corrected chi connectivity index (χ1v) is 6.90. The molecule has 2 aromatic rings. The average Bonchev–Trinajstić information content (AvgIpc) is 2.52. The first-order valence-electron chi connectivity index (χ1n) is 6.90. The largest absolute Gasteiger partial charge is 0.493 e. The Balaban J connectivity index is 1.82. The molecule has 2 rings (SSSR count). The molecule has 0 aliphatic rings. The van der Waals surface area contributed by atoms with Gasteiger partial charge < -0.3 is 14.8 Å². The molecule has 0 aliphatic carbocycles. The molecule has 0 fully saturated rings. The fourth-order valence-corrected chi connectivity index (χ4v) is 2.19. The first kappa shape index (κ1) is 14.4. The van der Waals surface area contributed by atoms with Crippen molar-refractivity contribution in [1.29, 1.82) is 0 Å². The zero-order chi connectivity index (χ0) is 14.2. The van der Waals surface area contributed by atoms with Crippen LogP contribution < -0.4 is 14.8 Å². The van der Waals surface area contributed by atoms with Crippen molar-refractivity contribution in [3.8, 4) is 11.5 Å². The lowest BCUT2D eigenvalue weighted by Crippen LogP contribution is -2.83. The van der Waals surface area contributed by atoms with Gasteiger partial charge in [0, 0.05) is 12.0 Å². The Morgan fingerprint density at radius 2 is 1.60 bits per heavy atom. The highest BCUT2D eigenvalue weighted by Gasteiger charge is 2.05. The predicted molar refractivity (Wildman–Crippen MR) is 80.2 cm³/mol. The molecule has 0 aliphatic heterocycles. The number of methoxy groups -OCH3 is 2. The molecule has 0 spiro atoms. The maximum atomic E-state index is 5.31. The van der Waals surface area contributed by atoms with E-state index in [1.807, 2.05) is 12.1 Å². The Bertz CT molecular complexity index is 526. The normalized spacial score (nSPS) is 10.3. The molecular weight excluding hydrogens is 250 g/mol. The fraction of sp³-hybridized carbons (Fsp3) is 0.294. The van der Waals surface area contributed by atoms with Gasteiger partial charge in [-0.2, -0.15) is 0 Å². The molecule has 0 aromatic heterocycles. The lowest BCUT2D eigenvalue weighted by atomic mass is 10.1. The number of ether oxygens (including phenoxy) is 2. The number of hydrogen-bond donors (Lipinski definition) is 1. The summed E-state index contributed by atoms with van der Waals surface area (Å²) in [5.74, 6) is 1.57. The van der Waals surface area contributed by atoms with Gasteiger partial charge >= 0.3 is 0 Å². The van der Waals surface area contributed by atoms with Crippen LogP contribution in [0.5, 0.6) is 11.5 Å². The van der Waals surface area contributed by atoms with Crippen molar-refractivity contribution in [1.82, 2.24) is 0 Å². The number of benzene rings is 2. The summed E-state index contributed by atoms with van der Waals surface area (Å²) in [5.41, 5.74) is 2.63. The van der Waals surface area contributed by atoms with E-state index in [0.717, 1.165) is 31.0 Å². The van der Waals surface area contributed by atoms with Gasteiger partial charge in [0.1, 0.15) is 6.54 Å². The maximum absolute atomic E-state index is 5.31. The molecule has 0 radical (unpaired) electrons. The molecule has 0 saturated carbocycles.